The summed E-state index contributed by atoms with van der Waals surface area (Å²) < 4.78 is 5.30. The van der Waals surface area contributed by atoms with Crippen molar-refractivity contribution in [3.05, 3.63) is 36.5 Å². The highest BCUT2D eigenvalue weighted by Gasteiger charge is 2.23. The highest BCUT2D eigenvalue weighted by molar-refractivity contribution is 5.92. The molecule has 0 radical (unpaired) electrons. The SMILES string of the molecule is C=CN(C(=O)OC(C)(C)C)c1ccc(O)cc1CC(C)=O. The molecule has 0 unspecified atom stereocenters. The summed E-state index contributed by atoms with van der Waals surface area (Å²) in [5, 5.41) is 9.56. The van der Waals surface area contributed by atoms with E-state index in [-0.39, 0.29) is 18.0 Å². The molecule has 0 aliphatic carbocycles. The highest BCUT2D eigenvalue weighted by Crippen LogP contribution is 2.27. The van der Waals surface area contributed by atoms with Crippen molar-refractivity contribution < 1.29 is 19.4 Å². The van der Waals surface area contributed by atoms with Gasteiger partial charge in [0.25, 0.3) is 0 Å². The molecular weight excluding hydrogens is 270 g/mol. The van der Waals surface area contributed by atoms with Crippen LogP contribution < -0.4 is 4.90 Å². The number of aromatic hydroxyl groups is 1. The Bertz CT molecular complexity index is 558. The Labute approximate surface area is 124 Å². The number of carbonyl (C=O) groups is 2. The van der Waals surface area contributed by atoms with Gasteiger partial charge in [-0.05, 0) is 51.5 Å². The molecule has 21 heavy (non-hydrogen) atoms. The third kappa shape index (κ3) is 4.95. The number of hydrogen-bond donors (Lipinski definition) is 1. The molecule has 1 aromatic carbocycles. The fraction of sp³-hybridized carbons (Fsp3) is 0.375. The molecule has 1 aromatic rings. The molecule has 1 amide bonds. The van der Waals surface area contributed by atoms with E-state index in [0.29, 0.717) is 11.3 Å². The predicted octanol–water partition coefficient (Wildman–Crippen LogP) is 3.41. The number of phenols is 1. The number of hydrogen-bond acceptors (Lipinski definition) is 4. The number of amides is 1. The Balaban J connectivity index is 3.18. The molecule has 0 aromatic heterocycles. The van der Waals surface area contributed by atoms with E-state index in [0.717, 1.165) is 0 Å². The molecule has 0 saturated carbocycles. The zero-order chi connectivity index (χ0) is 16.2. The summed E-state index contributed by atoms with van der Waals surface area (Å²) in [6.45, 7) is 10.3. The second-order valence-corrected chi connectivity index (χ2v) is 5.72. The maximum atomic E-state index is 12.2. The number of ketones is 1. The normalized spacial score (nSPS) is 10.9. The van der Waals surface area contributed by atoms with Crippen LogP contribution in [0.3, 0.4) is 0 Å². The quantitative estimate of drug-likeness (QED) is 0.923. The Morgan fingerprint density at radius 3 is 2.48 bits per heavy atom. The van der Waals surface area contributed by atoms with E-state index >= 15 is 0 Å². The fourth-order valence-corrected chi connectivity index (χ4v) is 1.80. The molecule has 1 N–H and O–H groups in total. The van der Waals surface area contributed by atoms with Gasteiger partial charge in [0.1, 0.15) is 17.1 Å². The van der Waals surface area contributed by atoms with Gasteiger partial charge >= 0.3 is 6.09 Å². The van der Waals surface area contributed by atoms with Gasteiger partial charge in [-0.3, -0.25) is 9.69 Å². The van der Waals surface area contributed by atoms with Crippen LogP contribution in [0.1, 0.15) is 33.3 Å². The minimum atomic E-state index is -0.643. The van der Waals surface area contributed by atoms with Gasteiger partial charge in [0.15, 0.2) is 0 Å². The van der Waals surface area contributed by atoms with Gasteiger partial charge in [0.2, 0.25) is 0 Å². The van der Waals surface area contributed by atoms with Crippen LogP contribution in [0.5, 0.6) is 5.75 Å². The zero-order valence-electron chi connectivity index (χ0n) is 12.8. The molecule has 0 aliphatic heterocycles. The number of benzene rings is 1. The van der Waals surface area contributed by atoms with E-state index in [9.17, 15) is 14.7 Å². The smallest absolute Gasteiger partial charge is 0.418 e. The van der Waals surface area contributed by atoms with E-state index in [4.69, 9.17) is 4.74 Å². The van der Waals surface area contributed by atoms with Crippen LogP contribution >= 0.6 is 0 Å². The largest absolute Gasteiger partial charge is 0.508 e. The summed E-state index contributed by atoms with van der Waals surface area (Å²) in [4.78, 5) is 24.8. The molecule has 0 heterocycles. The molecule has 5 heteroatoms. The van der Waals surface area contributed by atoms with Crippen LogP contribution in [0.4, 0.5) is 10.5 Å². The van der Waals surface area contributed by atoms with Crippen LogP contribution in [-0.4, -0.2) is 22.6 Å². The minimum Gasteiger partial charge on any atom is -0.508 e. The van der Waals surface area contributed by atoms with Gasteiger partial charge in [-0.1, -0.05) is 6.58 Å². The standard InChI is InChI=1S/C16H21NO4/c1-6-17(15(20)21-16(3,4)5)14-8-7-13(19)10-12(14)9-11(2)18/h6-8,10,19H,1,9H2,2-5H3. The van der Waals surface area contributed by atoms with Crippen molar-refractivity contribution in [3.63, 3.8) is 0 Å². The van der Waals surface area contributed by atoms with E-state index in [2.05, 4.69) is 6.58 Å². The summed E-state index contributed by atoms with van der Waals surface area (Å²) in [5.41, 5.74) is 0.358. The third-order valence-corrected chi connectivity index (χ3v) is 2.53. The highest BCUT2D eigenvalue weighted by atomic mass is 16.6. The number of carbonyl (C=O) groups excluding carboxylic acids is 2. The molecule has 0 spiro atoms. The number of Topliss-reactive ketones (excluding diaryl/α,β-unsaturated/α-hetero) is 1. The Morgan fingerprint density at radius 1 is 1.38 bits per heavy atom. The molecule has 0 aliphatic rings. The molecule has 0 atom stereocenters. The molecule has 1 rings (SSSR count). The third-order valence-electron chi connectivity index (χ3n) is 2.53. The van der Waals surface area contributed by atoms with Crippen molar-refractivity contribution in [3.8, 4) is 5.75 Å². The van der Waals surface area contributed by atoms with E-state index < -0.39 is 11.7 Å². The fourth-order valence-electron chi connectivity index (χ4n) is 1.80. The maximum absolute atomic E-state index is 12.2. The first-order valence-corrected chi connectivity index (χ1v) is 6.60. The number of phenolic OH excluding ortho intramolecular Hbond substituents is 1. The molecule has 0 bridgehead atoms. The van der Waals surface area contributed by atoms with Gasteiger partial charge in [0.05, 0.1) is 5.69 Å². The number of rotatable bonds is 4. The van der Waals surface area contributed by atoms with Crippen molar-refractivity contribution in [1.82, 2.24) is 0 Å². The first kappa shape index (κ1) is 16.8. The second-order valence-electron chi connectivity index (χ2n) is 5.72. The monoisotopic (exact) mass is 291 g/mol. The topological polar surface area (TPSA) is 66.8 Å². The van der Waals surface area contributed by atoms with Gasteiger partial charge in [-0.25, -0.2) is 4.79 Å². The van der Waals surface area contributed by atoms with E-state index in [1.165, 1.54) is 30.2 Å². The van der Waals surface area contributed by atoms with Crippen molar-refractivity contribution in [1.29, 1.82) is 0 Å². The second kappa shape index (κ2) is 6.43. The minimum absolute atomic E-state index is 0.0307. The Morgan fingerprint density at radius 2 is 2.00 bits per heavy atom. The Hall–Kier alpha value is -2.30. The van der Waals surface area contributed by atoms with Gasteiger partial charge < -0.3 is 9.84 Å². The van der Waals surface area contributed by atoms with Crippen LogP contribution in [0, 0.1) is 0 Å². The molecule has 0 fully saturated rings. The Kier molecular flexibility index (Phi) is 5.13. The lowest BCUT2D eigenvalue weighted by atomic mass is 10.1. The van der Waals surface area contributed by atoms with Crippen molar-refractivity contribution in [2.24, 2.45) is 0 Å². The lowest BCUT2D eigenvalue weighted by Gasteiger charge is -2.26. The van der Waals surface area contributed by atoms with Crippen LogP contribution in [-0.2, 0) is 16.0 Å². The molecule has 5 nitrogen and oxygen atoms in total. The predicted molar refractivity (Wildman–Crippen MR) is 81.4 cm³/mol. The number of nitrogens with zero attached hydrogens (tertiary/aromatic N) is 1. The first-order valence-electron chi connectivity index (χ1n) is 6.60. The molecule has 0 saturated heterocycles. The van der Waals surface area contributed by atoms with Crippen molar-refractivity contribution in [2.75, 3.05) is 4.90 Å². The molecule has 114 valence electrons. The summed E-state index contributed by atoms with van der Waals surface area (Å²) in [5.74, 6) is -0.0433. The summed E-state index contributed by atoms with van der Waals surface area (Å²) >= 11 is 0. The van der Waals surface area contributed by atoms with Crippen LogP contribution in [0.2, 0.25) is 0 Å². The number of anilines is 1. The summed E-state index contributed by atoms with van der Waals surface area (Å²) in [6.07, 6.45) is 0.842. The zero-order valence-corrected chi connectivity index (χ0v) is 12.8. The average molecular weight is 291 g/mol. The lowest BCUT2D eigenvalue weighted by Crippen LogP contribution is -2.34. The van der Waals surface area contributed by atoms with Gasteiger partial charge in [0, 0.05) is 12.6 Å². The molecular formula is C16H21NO4. The lowest BCUT2D eigenvalue weighted by molar-refractivity contribution is -0.116. The number of ether oxygens (including phenoxy) is 1. The van der Waals surface area contributed by atoms with Crippen LogP contribution in [0.25, 0.3) is 0 Å². The van der Waals surface area contributed by atoms with Gasteiger partial charge in [-0.15, -0.1) is 0 Å². The average Bonchev–Trinajstić information content (AvgIpc) is 2.29. The summed E-state index contributed by atoms with van der Waals surface area (Å²) in [6, 6.07) is 4.46. The first-order chi connectivity index (χ1) is 9.64. The van der Waals surface area contributed by atoms with E-state index in [1.54, 1.807) is 26.8 Å². The van der Waals surface area contributed by atoms with Crippen molar-refractivity contribution in [2.45, 2.75) is 39.7 Å². The van der Waals surface area contributed by atoms with Crippen LogP contribution in [0.15, 0.2) is 31.0 Å². The summed E-state index contributed by atoms with van der Waals surface area (Å²) in [7, 11) is 0. The van der Waals surface area contributed by atoms with Gasteiger partial charge in [-0.2, -0.15) is 0 Å². The van der Waals surface area contributed by atoms with Crippen molar-refractivity contribution >= 4 is 17.6 Å². The van der Waals surface area contributed by atoms with E-state index in [1.807, 2.05) is 0 Å². The maximum Gasteiger partial charge on any atom is 0.418 e.